The van der Waals surface area contributed by atoms with Crippen LogP contribution >= 0.6 is 11.3 Å². The predicted molar refractivity (Wildman–Crippen MR) is 95.8 cm³/mol. The Morgan fingerprint density at radius 1 is 1.27 bits per heavy atom. The third kappa shape index (κ3) is 4.13. The van der Waals surface area contributed by atoms with E-state index in [-0.39, 0.29) is 23.5 Å². The lowest BCUT2D eigenvalue weighted by Crippen LogP contribution is -2.43. The van der Waals surface area contributed by atoms with Gasteiger partial charge in [-0.15, -0.1) is 11.3 Å². The summed E-state index contributed by atoms with van der Waals surface area (Å²) in [6.07, 6.45) is 1.38. The number of benzene rings is 1. The highest BCUT2D eigenvalue weighted by molar-refractivity contribution is 7.14. The highest BCUT2D eigenvalue weighted by Crippen LogP contribution is 2.22. The fourth-order valence-corrected chi connectivity index (χ4v) is 3.60. The number of carbonyl (C=O) groups excluding carboxylic acids is 3. The second kappa shape index (κ2) is 7.74. The van der Waals surface area contributed by atoms with Crippen molar-refractivity contribution in [3.05, 3.63) is 46.7 Å². The Hall–Kier alpha value is -2.61. The smallest absolute Gasteiger partial charge is 0.253 e. The molecule has 3 rings (SSSR count). The molecule has 1 fully saturated rings. The summed E-state index contributed by atoms with van der Waals surface area (Å²) in [7, 11) is 0. The molecule has 136 valence electrons. The quantitative estimate of drug-likeness (QED) is 0.833. The van der Waals surface area contributed by atoms with Gasteiger partial charge in [-0.05, 0) is 37.1 Å². The van der Waals surface area contributed by atoms with E-state index in [1.54, 1.807) is 10.3 Å². The van der Waals surface area contributed by atoms with E-state index in [0.29, 0.717) is 42.3 Å². The zero-order chi connectivity index (χ0) is 18.7. The number of hydrogen-bond acceptors (Lipinski definition) is 5. The van der Waals surface area contributed by atoms with Crippen LogP contribution in [0.15, 0.2) is 29.6 Å². The third-order valence-corrected chi connectivity index (χ3v) is 5.02. The molecule has 0 radical (unpaired) electrons. The first-order valence-corrected chi connectivity index (χ1v) is 9.14. The van der Waals surface area contributed by atoms with Gasteiger partial charge in [0.05, 0.1) is 5.92 Å². The predicted octanol–water partition coefficient (Wildman–Crippen LogP) is 2.98. The molecule has 1 unspecified atom stereocenters. The van der Waals surface area contributed by atoms with Crippen molar-refractivity contribution >= 4 is 34.1 Å². The average molecular weight is 375 g/mol. The number of halogens is 1. The van der Waals surface area contributed by atoms with Crippen molar-refractivity contribution < 1.29 is 18.8 Å². The molecular weight excluding hydrogens is 357 g/mol. The van der Waals surface area contributed by atoms with Crippen LogP contribution in [-0.2, 0) is 4.79 Å². The lowest BCUT2D eigenvalue weighted by molar-refractivity contribution is -0.121. The lowest BCUT2D eigenvalue weighted by Gasteiger charge is -2.32. The SMILES string of the molecule is CC(=O)c1csc(NC(=O)C2CCCN(C(=O)c3ccc(F)cc3)C2)n1. The van der Waals surface area contributed by atoms with Crippen LogP contribution in [0.3, 0.4) is 0 Å². The van der Waals surface area contributed by atoms with E-state index >= 15 is 0 Å². The van der Waals surface area contributed by atoms with Crippen LogP contribution in [0.5, 0.6) is 0 Å². The molecule has 0 saturated carbocycles. The Morgan fingerprint density at radius 2 is 2.00 bits per heavy atom. The molecule has 1 aliphatic heterocycles. The molecule has 0 bridgehead atoms. The van der Waals surface area contributed by atoms with E-state index in [1.165, 1.54) is 42.5 Å². The van der Waals surface area contributed by atoms with Gasteiger partial charge in [-0.2, -0.15) is 0 Å². The van der Waals surface area contributed by atoms with Gasteiger partial charge in [0.1, 0.15) is 11.5 Å². The van der Waals surface area contributed by atoms with Crippen molar-refractivity contribution in [2.45, 2.75) is 19.8 Å². The van der Waals surface area contributed by atoms with Crippen LogP contribution in [0.25, 0.3) is 0 Å². The Bertz CT molecular complexity index is 834. The number of Topliss-reactive ketones (excluding diaryl/α,β-unsaturated/α-hetero) is 1. The van der Waals surface area contributed by atoms with Crippen LogP contribution in [0.4, 0.5) is 9.52 Å². The summed E-state index contributed by atoms with van der Waals surface area (Å²) in [4.78, 5) is 42.0. The van der Waals surface area contributed by atoms with E-state index < -0.39 is 5.82 Å². The number of anilines is 1. The Labute approximate surface area is 154 Å². The number of hydrogen-bond donors (Lipinski definition) is 1. The first-order valence-electron chi connectivity index (χ1n) is 8.26. The monoisotopic (exact) mass is 375 g/mol. The van der Waals surface area contributed by atoms with Gasteiger partial charge in [-0.1, -0.05) is 0 Å². The molecule has 2 amide bonds. The van der Waals surface area contributed by atoms with Crippen LogP contribution in [0.2, 0.25) is 0 Å². The summed E-state index contributed by atoms with van der Waals surface area (Å²) >= 11 is 1.20. The maximum absolute atomic E-state index is 13.0. The molecule has 2 aromatic rings. The summed E-state index contributed by atoms with van der Waals surface area (Å²) in [5.41, 5.74) is 0.723. The molecule has 26 heavy (non-hydrogen) atoms. The highest BCUT2D eigenvalue weighted by atomic mass is 32.1. The molecule has 0 aliphatic carbocycles. The summed E-state index contributed by atoms with van der Waals surface area (Å²) < 4.78 is 13.0. The van der Waals surface area contributed by atoms with E-state index in [4.69, 9.17) is 0 Å². The van der Waals surface area contributed by atoms with Crippen LogP contribution in [-0.4, -0.2) is 40.6 Å². The van der Waals surface area contributed by atoms with Crippen LogP contribution in [0.1, 0.15) is 40.6 Å². The van der Waals surface area contributed by atoms with E-state index in [1.807, 2.05) is 0 Å². The van der Waals surface area contributed by atoms with Crippen LogP contribution in [0, 0.1) is 11.7 Å². The second-order valence-electron chi connectivity index (χ2n) is 6.18. The average Bonchev–Trinajstić information content (AvgIpc) is 3.11. The molecule has 0 spiro atoms. The number of piperidine rings is 1. The minimum absolute atomic E-state index is 0.157. The van der Waals surface area contributed by atoms with Crippen molar-refractivity contribution in [3.8, 4) is 0 Å². The maximum Gasteiger partial charge on any atom is 0.253 e. The second-order valence-corrected chi connectivity index (χ2v) is 7.04. The molecule has 1 aromatic carbocycles. The van der Waals surface area contributed by atoms with Crippen molar-refractivity contribution in [1.29, 1.82) is 0 Å². The topological polar surface area (TPSA) is 79.4 Å². The van der Waals surface area contributed by atoms with Crippen molar-refractivity contribution in [1.82, 2.24) is 9.88 Å². The van der Waals surface area contributed by atoms with Crippen molar-refractivity contribution in [2.75, 3.05) is 18.4 Å². The molecule has 1 N–H and O–H groups in total. The van der Waals surface area contributed by atoms with Gasteiger partial charge in [-0.3, -0.25) is 14.4 Å². The number of amides is 2. The number of ketones is 1. The van der Waals surface area contributed by atoms with E-state index in [0.717, 1.165) is 0 Å². The standard InChI is InChI=1S/C18H18FN3O3S/c1-11(23)15-10-26-18(20-15)21-16(24)13-3-2-8-22(9-13)17(25)12-4-6-14(19)7-5-12/h4-7,10,13H,2-3,8-9H2,1H3,(H,20,21,24). The van der Waals surface area contributed by atoms with Gasteiger partial charge < -0.3 is 10.2 Å². The number of nitrogens with zero attached hydrogens (tertiary/aromatic N) is 2. The summed E-state index contributed by atoms with van der Waals surface area (Å²) in [5, 5.41) is 4.70. The number of nitrogens with one attached hydrogen (secondary N) is 1. The van der Waals surface area contributed by atoms with Gasteiger partial charge in [0, 0.05) is 31.0 Å². The van der Waals surface area contributed by atoms with E-state index in [2.05, 4.69) is 10.3 Å². The maximum atomic E-state index is 13.0. The number of thiazole rings is 1. The zero-order valence-electron chi connectivity index (χ0n) is 14.2. The van der Waals surface area contributed by atoms with Crippen molar-refractivity contribution in [2.24, 2.45) is 5.92 Å². The van der Waals surface area contributed by atoms with Gasteiger partial charge in [-0.25, -0.2) is 9.37 Å². The Balaban J connectivity index is 1.63. The largest absolute Gasteiger partial charge is 0.338 e. The minimum Gasteiger partial charge on any atom is -0.338 e. The first-order chi connectivity index (χ1) is 12.4. The Kier molecular flexibility index (Phi) is 5.41. The van der Waals surface area contributed by atoms with Crippen molar-refractivity contribution in [3.63, 3.8) is 0 Å². The normalized spacial score (nSPS) is 17.0. The number of carbonyl (C=O) groups is 3. The molecule has 1 aliphatic rings. The van der Waals surface area contributed by atoms with Gasteiger partial charge in [0.2, 0.25) is 5.91 Å². The number of aromatic nitrogens is 1. The molecule has 2 heterocycles. The molecule has 1 atom stereocenters. The first kappa shape index (κ1) is 18.2. The van der Waals surface area contributed by atoms with Gasteiger partial charge >= 0.3 is 0 Å². The highest BCUT2D eigenvalue weighted by Gasteiger charge is 2.29. The lowest BCUT2D eigenvalue weighted by atomic mass is 9.96. The fourth-order valence-electron chi connectivity index (χ4n) is 2.85. The summed E-state index contributed by atoms with van der Waals surface area (Å²) in [6.45, 7) is 2.28. The minimum atomic E-state index is -0.397. The number of rotatable bonds is 4. The van der Waals surface area contributed by atoms with Crippen LogP contribution < -0.4 is 5.32 Å². The summed E-state index contributed by atoms with van der Waals surface area (Å²) in [6, 6.07) is 5.38. The zero-order valence-corrected chi connectivity index (χ0v) is 15.0. The van der Waals surface area contributed by atoms with E-state index in [9.17, 15) is 18.8 Å². The third-order valence-electron chi connectivity index (χ3n) is 4.27. The fraction of sp³-hybridized carbons (Fsp3) is 0.333. The molecular formula is C18H18FN3O3S. The summed E-state index contributed by atoms with van der Waals surface area (Å²) in [5.74, 6) is -1.33. The molecule has 6 nitrogen and oxygen atoms in total. The van der Waals surface area contributed by atoms with Gasteiger partial charge in [0.15, 0.2) is 10.9 Å². The molecule has 1 saturated heterocycles. The Morgan fingerprint density at radius 3 is 2.65 bits per heavy atom. The molecule has 8 heteroatoms. The molecule has 1 aromatic heterocycles. The number of likely N-dealkylation sites (tertiary alicyclic amines) is 1. The van der Waals surface area contributed by atoms with Gasteiger partial charge in [0.25, 0.3) is 5.91 Å².